The summed E-state index contributed by atoms with van der Waals surface area (Å²) in [5, 5.41) is 18.2. The summed E-state index contributed by atoms with van der Waals surface area (Å²) in [4.78, 5) is 11.9. The molecule has 0 aromatic heterocycles. The molecule has 2 N–H and O–H groups in total. The third-order valence-electron chi connectivity index (χ3n) is 2.78. The Kier molecular flexibility index (Phi) is 5.06. The van der Waals surface area contributed by atoms with Crippen LogP contribution in [0, 0.1) is 0 Å². The van der Waals surface area contributed by atoms with Gasteiger partial charge < -0.3 is 10.2 Å². The van der Waals surface area contributed by atoms with Crippen LogP contribution in [0.4, 0.5) is 0 Å². The maximum atomic E-state index is 11.0. The van der Waals surface area contributed by atoms with E-state index in [1.54, 1.807) is 23.9 Å². The predicted octanol–water partition coefficient (Wildman–Crippen LogP) is 3.82. The van der Waals surface area contributed by atoms with Gasteiger partial charge in [-0.3, -0.25) is 0 Å². The Labute approximate surface area is 126 Å². The number of thioether (sulfide) groups is 1. The molecule has 2 aromatic rings. The Balaban J connectivity index is 2.06. The second-order valence-corrected chi connectivity index (χ2v) is 5.67. The normalized spacial score (nSPS) is 10.5. The van der Waals surface area contributed by atoms with Crippen molar-refractivity contribution in [1.29, 1.82) is 0 Å². The molecule has 0 aliphatic carbocycles. The minimum atomic E-state index is -1.02. The first-order chi connectivity index (χ1) is 9.60. The fourth-order valence-electron chi connectivity index (χ4n) is 1.67. The smallest absolute Gasteiger partial charge is 0.337 e. The van der Waals surface area contributed by atoms with Gasteiger partial charge in [0.2, 0.25) is 0 Å². The number of carbonyl (C=O) groups is 1. The lowest BCUT2D eigenvalue weighted by Crippen LogP contribution is -1.97. The molecule has 0 bridgehead atoms. The maximum absolute atomic E-state index is 11.0. The number of carboxylic acids is 1. The monoisotopic (exact) mass is 308 g/mol. The maximum Gasteiger partial charge on any atom is 0.337 e. The molecule has 0 atom stereocenters. The Morgan fingerprint density at radius 3 is 2.35 bits per heavy atom. The fourth-order valence-corrected chi connectivity index (χ4v) is 2.76. The van der Waals surface area contributed by atoms with Gasteiger partial charge in [0.25, 0.3) is 0 Å². The minimum absolute atomic E-state index is 0.0343. The van der Waals surface area contributed by atoms with Crippen LogP contribution < -0.4 is 0 Å². The number of hydrogen-bond acceptors (Lipinski definition) is 3. The first kappa shape index (κ1) is 14.9. The van der Waals surface area contributed by atoms with Gasteiger partial charge >= 0.3 is 5.97 Å². The van der Waals surface area contributed by atoms with Gasteiger partial charge in [0.05, 0.1) is 17.2 Å². The molecule has 0 saturated carbocycles. The number of aliphatic hydroxyl groups excluding tert-OH is 1. The lowest BCUT2D eigenvalue weighted by Gasteiger charge is -2.05. The minimum Gasteiger partial charge on any atom is -0.478 e. The number of hydrogen-bond donors (Lipinski definition) is 2. The highest BCUT2D eigenvalue weighted by atomic mass is 35.5. The largest absolute Gasteiger partial charge is 0.478 e. The van der Waals surface area contributed by atoms with Crippen molar-refractivity contribution in [2.75, 3.05) is 0 Å². The van der Waals surface area contributed by atoms with E-state index in [2.05, 4.69) is 0 Å². The molecule has 3 nitrogen and oxygen atoms in total. The second kappa shape index (κ2) is 6.79. The summed E-state index contributed by atoms with van der Waals surface area (Å²) in [5.74, 6) is -0.295. The number of carboxylic acid groups (broad SMARTS) is 1. The van der Waals surface area contributed by atoms with Crippen molar-refractivity contribution in [1.82, 2.24) is 0 Å². The van der Waals surface area contributed by atoms with Gasteiger partial charge in [-0.2, -0.15) is 0 Å². The van der Waals surface area contributed by atoms with E-state index in [1.165, 1.54) is 0 Å². The van der Waals surface area contributed by atoms with Crippen LogP contribution in [0.25, 0.3) is 0 Å². The highest BCUT2D eigenvalue weighted by molar-refractivity contribution is 7.98. The van der Waals surface area contributed by atoms with Crippen molar-refractivity contribution in [3.05, 3.63) is 64.2 Å². The highest BCUT2D eigenvalue weighted by Crippen LogP contribution is 2.27. The van der Waals surface area contributed by atoms with Gasteiger partial charge in [0, 0.05) is 10.6 Å². The molecule has 0 saturated heterocycles. The average Bonchev–Trinajstić information content (AvgIpc) is 2.46. The van der Waals surface area contributed by atoms with Crippen molar-refractivity contribution >= 4 is 29.3 Å². The van der Waals surface area contributed by atoms with Crippen LogP contribution in [0.1, 0.15) is 21.5 Å². The number of rotatable bonds is 5. The van der Waals surface area contributed by atoms with Crippen molar-refractivity contribution in [3.8, 4) is 0 Å². The van der Waals surface area contributed by atoms with E-state index in [0.717, 1.165) is 21.8 Å². The van der Waals surface area contributed by atoms with Crippen LogP contribution in [0.3, 0.4) is 0 Å². The fraction of sp³-hybridized carbons (Fsp3) is 0.133. The van der Waals surface area contributed by atoms with Crippen LogP contribution in [-0.2, 0) is 12.4 Å². The van der Waals surface area contributed by atoms with Gasteiger partial charge in [0.15, 0.2) is 0 Å². The van der Waals surface area contributed by atoms with Gasteiger partial charge in [0.1, 0.15) is 0 Å². The van der Waals surface area contributed by atoms with Crippen LogP contribution >= 0.6 is 23.4 Å². The summed E-state index contributed by atoms with van der Waals surface area (Å²) in [6.07, 6.45) is 0. The third kappa shape index (κ3) is 3.76. The summed E-state index contributed by atoms with van der Waals surface area (Å²) in [6.45, 7) is 0.0343. The Morgan fingerprint density at radius 1 is 1.10 bits per heavy atom. The summed E-state index contributed by atoms with van der Waals surface area (Å²) in [5.41, 5.74) is 2.10. The molecule has 20 heavy (non-hydrogen) atoms. The molecule has 0 heterocycles. The van der Waals surface area contributed by atoms with Gasteiger partial charge in [-0.15, -0.1) is 11.8 Å². The molecular formula is C15H13ClO3S. The predicted molar refractivity (Wildman–Crippen MR) is 80.3 cm³/mol. The van der Waals surface area contributed by atoms with E-state index in [1.807, 2.05) is 30.3 Å². The quantitative estimate of drug-likeness (QED) is 0.824. The van der Waals surface area contributed by atoms with Crippen molar-refractivity contribution in [2.45, 2.75) is 17.3 Å². The molecule has 0 aliphatic heterocycles. The molecule has 2 rings (SSSR count). The standard InChI is InChI=1S/C15H13ClO3S/c16-14-6-5-12(7-13(14)15(18)19)20-9-11-3-1-10(8-17)2-4-11/h1-7,17H,8-9H2,(H,18,19). The molecule has 0 radical (unpaired) electrons. The van der Waals surface area contributed by atoms with Gasteiger partial charge in [-0.25, -0.2) is 4.79 Å². The molecule has 104 valence electrons. The molecular weight excluding hydrogens is 296 g/mol. The summed E-state index contributed by atoms with van der Waals surface area (Å²) < 4.78 is 0. The van der Waals surface area contributed by atoms with E-state index >= 15 is 0 Å². The summed E-state index contributed by atoms with van der Waals surface area (Å²) in [7, 11) is 0. The van der Waals surface area contributed by atoms with Gasteiger partial charge in [-0.1, -0.05) is 35.9 Å². The number of aliphatic hydroxyl groups is 1. The number of aromatic carboxylic acids is 1. The second-order valence-electron chi connectivity index (χ2n) is 4.21. The van der Waals surface area contributed by atoms with Crippen LogP contribution in [-0.4, -0.2) is 16.2 Å². The van der Waals surface area contributed by atoms with Crippen molar-refractivity contribution < 1.29 is 15.0 Å². The van der Waals surface area contributed by atoms with Crippen molar-refractivity contribution in [3.63, 3.8) is 0 Å². The van der Waals surface area contributed by atoms with E-state index in [-0.39, 0.29) is 17.2 Å². The van der Waals surface area contributed by atoms with E-state index in [9.17, 15) is 4.79 Å². The van der Waals surface area contributed by atoms with Crippen LogP contribution in [0.2, 0.25) is 5.02 Å². The topological polar surface area (TPSA) is 57.5 Å². The third-order valence-corrected chi connectivity index (χ3v) is 4.17. The average molecular weight is 309 g/mol. The van der Waals surface area contributed by atoms with Crippen molar-refractivity contribution in [2.24, 2.45) is 0 Å². The molecule has 2 aromatic carbocycles. The Hall–Kier alpha value is -1.49. The lowest BCUT2D eigenvalue weighted by atomic mass is 10.2. The first-order valence-corrected chi connectivity index (χ1v) is 7.31. The zero-order valence-corrected chi connectivity index (χ0v) is 12.1. The highest BCUT2D eigenvalue weighted by Gasteiger charge is 2.09. The molecule has 0 amide bonds. The molecule has 0 aliphatic rings. The SMILES string of the molecule is O=C(O)c1cc(SCc2ccc(CO)cc2)ccc1Cl. The Morgan fingerprint density at radius 2 is 1.75 bits per heavy atom. The zero-order valence-electron chi connectivity index (χ0n) is 10.5. The van der Waals surface area contributed by atoms with Crippen LogP contribution in [0.15, 0.2) is 47.4 Å². The Bertz CT molecular complexity index is 611. The van der Waals surface area contributed by atoms with Gasteiger partial charge in [-0.05, 0) is 29.3 Å². The molecule has 0 fully saturated rings. The molecule has 5 heteroatoms. The number of halogens is 1. The summed E-state index contributed by atoms with van der Waals surface area (Å²) >= 11 is 7.37. The van der Waals surface area contributed by atoms with E-state index in [4.69, 9.17) is 21.8 Å². The van der Waals surface area contributed by atoms with Crippen LogP contribution in [0.5, 0.6) is 0 Å². The molecule has 0 unspecified atom stereocenters. The zero-order chi connectivity index (χ0) is 14.5. The first-order valence-electron chi connectivity index (χ1n) is 5.94. The van der Waals surface area contributed by atoms with E-state index in [0.29, 0.717) is 0 Å². The lowest BCUT2D eigenvalue weighted by molar-refractivity contribution is 0.0697. The van der Waals surface area contributed by atoms with E-state index < -0.39 is 5.97 Å². The number of benzene rings is 2. The summed E-state index contributed by atoms with van der Waals surface area (Å²) in [6, 6.07) is 12.6. The molecule has 0 spiro atoms.